The second kappa shape index (κ2) is 8.01. The van der Waals surface area contributed by atoms with E-state index in [1.54, 1.807) is 24.3 Å². The molecular weight excluding hydrogens is 326 g/mol. The topological polar surface area (TPSA) is 135 Å². The summed E-state index contributed by atoms with van der Waals surface area (Å²) in [5, 5.41) is 20.2. The Balaban J connectivity index is 1.97. The summed E-state index contributed by atoms with van der Waals surface area (Å²) in [6, 6.07) is 6.34. The maximum atomic E-state index is 12.4. The molecule has 4 N–H and O–H groups in total. The summed E-state index contributed by atoms with van der Waals surface area (Å²) in [6.45, 7) is 1.72. The SMILES string of the molecule is C[C@H](NC(=O)N1CCCC1C(=O)NNc1ccccc1C#N)C(=O)O. The minimum absolute atomic E-state index is 0.366. The van der Waals surface area contributed by atoms with Crippen molar-refractivity contribution < 1.29 is 19.5 Å². The van der Waals surface area contributed by atoms with Crippen LogP contribution in [0.1, 0.15) is 25.3 Å². The minimum Gasteiger partial charge on any atom is -0.480 e. The van der Waals surface area contributed by atoms with Crippen molar-refractivity contribution in [2.24, 2.45) is 0 Å². The number of carbonyl (C=O) groups is 3. The number of anilines is 1. The van der Waals surface area contributed by atoms with Crippen molar-refractivity contribution in [1.29, 1.82) is 5.26 Å². The number of hydrogen-bond donors (Lipinski definition) is 4. The molecule has 25 heavy (non-hydrogen) atoms. The number of nitriles is 1. The summed E-state index contributed by atoms with van der Waals surface area (Å²) in [6.07, 6.45) is 1.12. The molecule has 1 aliphatic rings. The van der Waals surface area contributed by atoms with Crippen LogP contribution in [0.25, 0.3) is 0 Å². The van der Waals surface area contributed by atoms with E-state index in [0.717, 1.165) is 0 Å². The molecule has 132 valence electrons. The van der Waals surface area contributed by atoms with Crippen molar-refractivity contribution in [2.45, 2.75) is 31.8 Å². The van der Waals surface area contributed by atoms with Crippen LogP contribution in [0.3, 0.4) is 0 Å². The van der Waals surface area contributed by atoms with Gasteiger partial charge in [0.25, 0.3) is 5.91 Å². The van der Waals surface area contributed by atoms with Crippen LogP contribution in [0.5, 0.6) is 0 Å². The molecule has 1 unspecified atom stereocenters. The first-order chi connectivity index (χ1) is 11.9. The molecule has 2 rings (SSSR count). The van der Waals surface area contributed by atoms with Gasteiger partial charge in [0.05, 0.1) is 11.3 Å². The van der Waals surface area contributed by atoms with E-state index in [1.807, 2.05) is 6.07 Å². The lowest BCUT2D eigenvalue weighted by molar-refractivity contribution is -0.138. The monoisotopic (exact) mass is 345 g/mol. The Hall–Kier alpha value is -3.28. The van der Waals surface area contributed by atoms with Gasteiger partial charge in [-0.3, -0.25) is 20.4 Å². The Morgan fingerprint density at radius 3 is 2.76 bits per heavy atom. The molecule has 1 aliphatic heterocycles. The van der Waals surface area contributed by atoms with Gasteiger partial charge in [0.1, 0.15) is 18.2 Å². The number of carboxylic acid groups (broad SMARTS) is 1. The number of rotatable bonds is 5. The van der Waals surface area contributed by atoms with Gasteiger partial charge in [0.2, 0.25) is 0 Å². The van der Waals surface area contributed by atoms with Crippen molar-refractivity contribution in [1.82, 2.24) is 15.6 Å². The Morgan fingerprint density at radius 2 is 2.08 bits per heavy atom. The zero-order chi connectivity index (χ0) is 18.4. The molecule has 0 saturated carbocycles. The average Bonchev–Trinajstić information content (AvgIpc) is 3.09. The Bertz CT molecular complexity index is 715. The molecule has 1 aromatic carbocycles. The summed E-state index contributed by atoms with van der Waals surface area (Å²) in [7, 11) is 0. The zero-order valence-corrected chi connectivity index (χ0v) is 13.7. The van der Waals surface area contributed by atoms with E-state index in [4.69, 9.17) is 10.4 Å². The normalized spacial score (nSPS) is 17.3. The van der Waals surface area contributed by atoms with E-state index in [-0.39, 0.29) is 0 Å². The lowest BCUT2D eigenvalue weighted by Gasteiger charge is -2.25. The van der Waals surface area contributed by atoms with Gasteiger partial charge in [-0.25, -0.2) is 4.79 Å². The fraction of sp³-hybridized carbons (Fsp3) is 0.375. The van der Waals surface area contributed by atoms with Crippen LogP contribution in [0.2, 0.25) is 0 Å². The van der Waals surface area contributed by atoms with Crippen LogP contribution in [0, 0.1) is 11.3 Å². The molecule has 2 atom stereocenters. The lowest BCUT2D eigenvalue weighted by Crippen LogP contribution is -2.53. The van der Waals surface area contributed by atoms with Gasteiger partial charge in [-0.1, -0.05) is 12.1 Å². The molecule has 9 nitrogen and oxygen atoms in total. The molecule has 0 spiro atoms. The molecule has 9 heteroatoms. The van der Waals surface area contributed by atoms with Gasteiger partial charge < -0.3 is 15.3 Å². The molecule has 0 bridgehead atoms. The number of para-hydroxylation sites is 1. The third-order valence-electron chi connectivity index (χ3n) is 3.89. The summed E-state index contributed by atoms with van der Waals surface area (Å²) < 4.78 is 0. The summed E-state index contributed by atoms with van der Waals surface area (Å²) >= 11 is 0. The van der Waals surface area contributed by atoms with E-state index in [0.29, 0.717) is 30.6 Å². The van der Waals surface area contributed by atoms with Gasteiger partial charge in [-0.15, -0.1) is 0 Å². The molecule has 0 aromatic heterocycles. The number of amides is 3. The third-order valence-corrected chi connectivity index (χ3v) is 3.89. The average molecular weight is 345 g/mol. The van der Waals surface area contributed by atoms with E-state index >= 15 is 0 Å². The van der Waals surface area contributed by atoms with Crippen LogP contribution in [-0.2, 0) is 9.59 Å². The van der Waals surface area contributed by atoms with Crippen molar-refractivity contribution in [3.63, 3.8) is 0 Å². The number of hydrazine groups is 1. The zero-order valence-electron chi connectivity index (χ0n) is 13.7. The second-order valence-electron chi connectivity index (χ2n) is 5.63. The van der Waals surface area contributed by atoms with Crippen molar-refractivity contribution >= 4 is 23.6 Å². The smallest absolute Gasteiger partial charge is 0.325 e. The molecule has 0 aliphatic carbocycles. The largest absolute Gasteiger partial charge is 0.480 e. The first-order valence-electron chi connectivity index (χ1n) is 7.79. The van der Waals surface area contributed by atoms with E-state index in [2.05, 4.69) is 16.2 Å². The highest BCUT2D eigenvalue weighted by Gasteiger charge is 2.35. The predicted octanol–water partition coefficient (Wildman–Crippen LogP) is 0.648. The second-order valence-corrected chi connectivity index (χ2v) is 5.63. The van der Waals surface area contributed by atoms with Gasteiger partial charge >= 0.3 is 12.0 Å². The van der Waals surface area contributed by atoms with Gasteiger partial charge in [0.15, 0.2) is 0 Å². The quantitative estimate of drug-likeness (QED) is 0.579. The number of nitrogens with zero attached hydrogens (tertiary/aromatic N) is 2. The molecule has 0 radical (unpaired) electrons. The fourth-order valence-corrected chi connectivity index (χ4v) is 2.51. The maximum Gasteiger partial charge on any atom is 0.325 e. The van der Waals surface area contributed by atoms with Crippen LogP contribution in [-0.4, -0.2) is 46.5 Å². The maximum absolute atomic E-state index is 12.4. The number of urea groups is 1. The van der Waals surface area contributed by atoms with Crippen molar-refractivity contribution in [3.05, 3.63) is 29.8 Å². The number of aliphatic carboxylic acids is 1. The van der Waals surface area contributed by atoms with Gasteiger partial charge in [-0.2, -0.15) is 5.26 Å². The molecular formula is C16H19N5O4. The van der Waals surface area contributed by atoms with Gasteiger partial charge in [-0.05, 0) is 31.9 Å². The Morgan fingerprint density at radius 1 is 1.36 bits per heavy atom. The highest BCUT2D eigenvalue weighted by atomic mass is 16.4. The van der Waals surface area contributed by atoms with Gasteiger partial charge in [0, 0.05) is 6.54 Å². The summed E-state index contributed by atoms with van der Waals surface area (Å²) in [5.74, 6) is -1.58. The van der Waals surface area contributed by atoms with Crippen molar-refractivity contribution in [2.75, 3.05) is 12.0 Å². The minimum atomic E-state index is -1.15. The molecule has 3 amide bonds. The van der Waals surface area contributed by atoms with Crippen molar-refractivity contribution in [3.8, 4) is 6.07 Å². The Kier molecular flexibility index (Phi) is 5.79. The standard InChI is InChI=1S/C16H19N5O4/c1-10(15(23)24)18-16(25)21-8-4-7-13(21)14(22)20-19-12-6-3-2-5-11(12)9-17/h2-3,5-6,10,13,19H,4,7-8H2,1H3,(H,18,25)(H,20,22)(H,23,24)/t10-,13?/m0/s1. The molecule has 1 saturated heterocycles. The van der Waals surface area contributed by atoms with Crippen LogP contribution < -0.4 is 16.2 Å². The third kappa shape index (κ3) is 4.38. The predicted molar refractivity (Wildman–Crippen MR) is 88.3 cm³/mol. The van der Waals surface area contributed by atoms with E-state index in [9.17, 15) is 14.4 Å². The molecule has 1 fully saturated rings. The number of carbonyl (C=O) groups excluding carboxylic acids is 2. The first kappa shape index (κ1) is 18.1. The number of likely N-dealkylation sites (tertiary alicyclic amines) is 1. The first-order valence-corrected chi connectivity index (χ1v) is 7.79. The van der Waals surface area contributed by atoms with E-state index in [1.165, 1.54) is 11.8 Å². The number of nitrogens with one attached hydrogen (secondary N) is 3. The number of benzene rings is 1. The number of hydrogen-bond acceptors (Lipinski definition) is 5. The van der Waals surface area contributed by atoms with Crippen LogP contribution in [0.15, 0.2) is 24.3 Å². The molecule has 1 aromatic rings. The lowest BCUT2D eigenvalue weighted by atomic mass is 10.2. The van der Waals surface area contributed by atoms with E-state index < -0.39 is 30.0 Å². The highest BCUT2D eigenvalue weighted by Crippen LogP contribution is 2.18. The Labute approximate surface area is 144 Å². The van der Waals surface area contributed by atoms with Crippen LogP contribution >= 0.6 is 0 Å². The summed E-state index contributed by atoms with van der Waals surface area (Å²) in [4.78, 5) is 36.7. The molecule has 1 heterocycles. The summed E-state index contributed by atoms with van der Waals surface area (Å²) in [5.41, 5.74) is 6.01. The fourth-order valence-electron chi connectivity index (χ4n) is 2.51. The highest BCUT2D eigenvalue weighted by molar-refractivity contribution is 5.89. The van der Waals surface area contributed by atoms with Crippen LogP contribution in [0.4, 0.5) is 10.5 Å². The number of carboxylic acids is 1.